The van der Waals surface area contributed by atoms with Gasteiger partial charge in [0.15, 0.2) is 0 Å². The molecule has 138 valence electrons. The van der Waals surface area contributed by atoms with Crippen LogP contribution in [-0.4, -0.2) is 0 Å². The minimum Gasteiger partial charge on any atom is -0.309 e. The van der Waals surface area contributed by atoms with Gasteiger partial charge in [0.25, 0.3) is 0 Å². The minimum atomic E-state index is 1.00. The zero-order chi connectivity index (χ0) is 18.9. The molecule has 3 aliphatic rings. The summed E-state index contributed by atoms with van der Waals surface area (Å²) < 4.78 is 0. The van der Waals surface area contributed by atoms with Crippen LogP contribution in [0.3, 0.4) is 0 Å². The van der Waals surface area contributed by atoms with Gasteiger partial charge in [-0.25, -0.2) is 0 Å². The minimum absolute atomic E-state index is 1.00. The van der Waals surface area contributed by atoms with Gasteiger partial charge in [0, 0.05) is 19.3 Å². The first-order chi connectivity index (χ1) is 14.3. The van der Waals surface area contributed by atoms with Crippen molar-refractivity contribution in [2.24, 2.45) is 0 Å². The third-order valence-corrected chi connectivity index (χ3v) is 6.80. The van der Waals surface area contributed by atoms with E-state index in [1.165, 1.54) is 61.6 Å². The number of hydrogen-bond acceptors (Lipinski definition) is 1. The summed E-state index contributed by atoms with van der Waals surface area (Å²) >= 11 is 0. The van der Waals surface area contributed by atoms with Gasteiger partial charge in [-0.3, -0.25) is 0 Å². The predicted molar refractivity (Wildman–Crippen MR) is 119 cm³/mol. The maximum absolute atomic E-state index is 2.60. The Balaban J connectivity index is 1.46. The molecule has 1 nitrogen and oxygen atoms in total. The number of para-hydroxylation sites is 2. The summed E-state index contributed by atoms with van der Waals surface area (Å²) in [6.45, 7) is 0. The Morgan fingerprint density at radius 1 is 0.483 bits per heavy atom. The maximum atomic E-state index is 2.60. The van der Waals surface area contributed by atoms with Crippen LogP contribution in [0.1, 0.15) is 44.5 Å². The van der Waals surface area contributed by atoms with Crippen molar-refractivity contribution in [3.8, 4) is 0 Å². The molecular weight excluding hydrogens is 350 g/mol. The second-order valence-electron chi connectivity index (χ2n) is 8.64. The molecule has 0 unspecified atom stereocenters. The molecule has 3 aliphatic heterocycles. The smallest absolute Gasteiger partial charge is 0.0533 e. The van der Waals surface area contributed by atoms with Gasteiger partial charge < -0.3 is 4.90 Å². The van der Waals surface area contributed by atoms with Crippen LogP contribution in [0.4, 0.5) is 17.1 Å². The van der Waals surface area contributed by atoms with Crippen LogP contribution in [0.2, 0.25) is 0 Å². The Morgan fingerprint density at radius 3 is 1.52 bits per heavy atom. The summed E-state index contributed by atoms with van der Waals surface area (Å²) in [5.74, 6) is 0. The number of benzene rings is 4. The Kier molecular flexibility index (Phi) is 3.01. The van der Waals surface area contributed by atoms with E-state index in [9.17, 15) is 0 Å². The molecule has 0 aromatic heterocycles. The SMILES string of the molecule is c1ccc(Cc2cc3c4c(c2)Cc2cccc5c2N4c2c(cccc2C3)C5)cc1. The molecule has 4 aromatic rings. The van der Waals surface area contributed by atoms with E-state index < -0.39 is 0 Å². The fourth-order valence-electron chi connectivity index (χ4n) is 5.71. The number of nitrogens with zero attached hydrogens (tertiary/aromatic N) is 1. The lowest BCUT2D eigenvalue weighted by Gasteiger charge is -2.44. The van der Waals surface area contributed by atoms with Crippen molar-refractivity contribution >= 4 is 17.1 Å². The zero-order valence-electron chi connectivity index (χ0n) is 16.3. The van der Waals surface area contributed by atoms with Gasteiger partial charge in [-0.15, -0.1) is 0 Å². The van der Waals surface area contributed by atoms with Crippen LogP contribution < -0.4 is 4.90 Å². The maximum Gasteiger partial charge on any atom is 0.0533 e. The van der Waals surface area contributed by atoms with Gasteiger partial charge in [0.1, 0.15) is 0 Å². The summed E-state index contributed by atoms with van der Waals surface area (Å²) in [6.07, 6.45) is 4.14. The van der Waals surface area contributed by atoms with Gasteiger partial charge in [-0.2, -0.15) is 0 Å². The Labute approximate surface area is 171 Å². The van der Waals surface area contributed by atoms with Gasteiger partial charge in [-0.05, 0) is 50.9 Å². The van der Waals surface area contributed by atoms with Crippen LogP contribution >= 0.6 is 0 Å². The first-order valence-electron chi connectivity index (χ1n) is 10.6. The molecule has 29 heavy (non-hydrogen) atoms. The summed E-state index contributed by atoms with van der Waals surface area (Å²) in [7, 11) is 0. The van der Waals surface area contributed by atoms with E-state index in [-0.39, 0.29) is 0 Å². The average Bonchev–Trinajstić information content (AvgIpc) is 2.74. The second kappa shape index (κ2) is 5.61. The molecule has 0 amide bonds. The fourth-order valence-corrected chi connectivity index (χ4v) is 5.71. The molecule has 0 aliphatic carbocycles. The van der Waals surface area contributed by atoms with Crippen molar-refractivity contribution in [2.75, 3.05) is 4.90 Å². The van der Waals surface area contributed by atoms with Crippen molar-refractivity contribution in [3.63, 3.8) is 0 Å². The number of anilines is 3. The highest BCUT2D eigenvalue weighted by molar-refractivity contribution is 5.94. The van der Waals surface area contributed by atoms with Gasteiger partial charge >= 0.3 is 0 Å². The highest BCUT2D eigenvalue weighted by atomic mass is 15.2. The normalized spacial score (nSPS) is 14.6. The van der Waals surface area contributed by atoms with Crippen LogP contribution in [0.15, 0.2) is 78.9 Å². The molecule has 0 fully saturated rings. The Hall–Kier alpha value is -3.32. The topological polar surface area (TPSA) is 3.24 Å². The fraction of sp³-hybridized carbons (Fsp3) is 0.143. The monoisotopic (exact) mass is 371 g/mol. The van der Waals surface area contributed by atoms with Gasteiger partial charge in [0.05, 0.1) is 17.1 Å². The molecule has 1 heteroatoms. The van der Waals surface area contributed by atoms with E-state index in [4.69, 9.17) is 0 Å². The van der Waals surface area contributed by atoms with E-state index in [1.54, 1.807) is 0 Å². The van der Waals surface area contributed by atoms with E-state index in [1.807, 2.05) is 0 Å². The van der Waals surface area contributed by atoms with E-state index >= 15 is 0 Å². The number of hydrogen-bond donors (Lipinski definition) is 0. The number of rotatable bonds is 2. The standard InChI is InChI=1S/C28H21N/c1-2-6-18(7-3-1)12-19-13-24-16-22-10-4-8-20-15-21-9-5-11-23-17-25(14-19)28(24)29(26(20)22)27(21)23/h1-11,13-14H,12,15-17H2. The molecule has 0 saturated carbocycles. The van der Waals surface area contributed by atoms with Gasteiger partial charge in [0.2, 0.25) is 0 Å². The van der Waals surface area contributed by atoms with Gasteiger partial charge in [-0.1, -0.05) is 78.9 Å². The highest BCUT2D eigenvalue weighted by Gasteiger charge is 2.36. The van der Waals surface area contributed by atoms with Crippen LogP contribution in [0, 0.1) is 0 Å². The first kappa shape index (κ1) is 15.6. The third kappa shape index (κ3) is 2.16. The highest BCUT2D eigenvalue weighted by Crippen LogP contribution is 2.55. The largest absolute Gasteiger partial charge is 0.309 e. The zero-order valence-corrected chi connectivity index (χ0v) is 16.3. The summed E-state index contributed by atoms with van der Waals surface area (Å²) in [5, 5.41) is 0. The predicted octanol–water partition coefficient (Wildman–Crippen LogP) is 6.46. The van der Waals surface area contributed by atoms with E-state index in [2.05, 4.69) is 83.8 Å². The average molecular weight is 371 g/mol. The molecule has 0 radical (unpaired) electrons. The Bertz CT molecular complexity index is 1220. The first-order valence-corrected chi connectivity index (χ1v) is 10.6. The van der Waals surface area contributed by atoms with E-state index in [0.29, 0.717) is 0 Å². The van der Waals surface area contributed by atoms with Crippen LogP contribution in [0.5, 0.6) is 0 Å². The molecule has 4 aromatic carbocycles. The van der Waals surface area contributed by atoms with Crippen molar-refractivity contribution in [2.45, 2.75) is 25.7 Å². The lowest BCUT2D eigenvalue weighted by atomic mass is 9.79. The quantitative estimate of drug-likeness (QED) is 0.337. The molecule has 3 heterocycles. The molecule has 0 atom stereocenters. The molecular formula is C28H21N. The van der Waals surface area contributed by atoms with Crippen LogP contribution in [0.25, 0.3) is 0 Å². The lowest BCUT2D eigenvalue weighted by molar-refractivity contribution is 0.949. The summed E-state index contributed by atoms with van der Waals surface area (Å²) in [5.41, 5.74) is 16.0. The molecule has 0 bridgehead atoms. The van der Waals surface area contributed by atoms with Crippen molar-refractivity contribution < 1.29 is 0 Å². The second-order valence-corrected chi connectivity index (χ2v) is 8.64. The molecule has 0 spiro atoms. The molecule has 0 N–H and O–H groups in total. The summed E-state index contributed by atoms with van der Waals surface area (Å²) in [6, 6.07) is 29.5. The summed E-state index contributed by atoms with van der Waals surface area (Å²) in [4.78, 5) is 2.60. The molecule has 0 saturated heterocycles. The van der Waals surface area contributed by atoms with E-state index in [0.717, 1.165) is 25.7 Å². The molecule has 7 rings (SSSR count). The van der Waals surface area contributed by atoms with Crippen molar-refractivity contribution in [1.29, 1.82) is 0 Å². The van der Waals surface area contributed by atoms with Crippen LogP contribution in [-0.2, 0) is 25.7 Å². The lowest BCUT2D eigenvalue weighted by Crippen LogP contribution is -2.29. The van der Waals surface area contributed by atoms with Crippen molar-refractivity contribution in [1.82, 2.24) is 0 Å². The Morgan fingerprint density at radius 2 is 0.966 bits per heavy atom. The van der Waals surface area contributed by atoms with Crippen molar-refractivity contribution in [3.05, 3.63) is 123 Å². The third-order valence-electron chi connectivity index (χ3n) is 6.80.